The maximum atomic E-state index is 13.4. The summed E-state index contributed by atoms with van der Waals surface area (Å²) >= 11 is 3.54. The second-order valence-electron chi connectivity index (χ2n) is 9.56. The lowest BCUT2D eigenvalue weighted by Gasteiger charge is -2.34. The standard InChI is InChI=1S/C28H30IN7O4S/c1-16-20(39-3)11-21(40-4)23(29)24(16)34-28(38)19-14-41-26-25(19)31-15-32-27(26)33-22-6-5-18(12-30-22)13-35-7-9-36(10-8-35)17(2)37/h5-6,11-12,14-15H,7-10,13H2,1-4H3,(H,34,38)(H,30,31,32,33). The van der Waals surface area contributed by atoms with Crippen molar-refractivity contribution >= 4 is 73.3 Å². The van der Waals surface area contributed by atoms with Gasteiger partial charge in [0.25, 0.3) is 5.91 Å². The number of aromatic nitrogens is 3. The lowest BCUT2D eigenvalue weighted by Crippen LogP contribution is -2.47. The number of rotatable bonds is 8. The van der Waals surface area contributed by atoms with E-state index in [-0.39, 0.29) is 11.8 Å². The summed E-state index contributed by atoms with van der Waals surface area (Å²) in [5, 5.41) is 8.07. The molecule has 0 bridgehead atoms. The third-order valence-electron chi connectivity index (χ3n) is 7.01. The molecule has 11 nitrogen and oxygen atoms in total. The van der Waals surface area contributed by atoms with Crippen LogP contribution in [-0.2, 0) is 11.3 Å². The lowest BCUT2D eigenvalue weighted by atomic mass is 10.1. The van der Waals surface area contributed by atoms with E-state index >= 15 is 0 Å². The Morgan fingerprint density at radius 1 is 1.07 bits per heavy atom. The minimum absolute atomic E-state index is 0.126. The van der Waals surface area contributed by atoms with E-state index in [1.807, 2.05) is 30.2 Å². The summed E-state index contributed by atoms with van der Waals surface area (Å²) in [6.07, 6.45) is 3.28. The molecule has 0 saturated carbocycles. The number of thiophene rings is 1. The number of amides is 2. The van der Waals surface area contributed by atoms with E-state index in [9.17, 15) is 9.59 Å². The SMILES string of the molecule is COc1cc(OC)c(I)c(NC(=O)c2csc3c(Nc4ccc(CN5CCN(C(C)=O)CC5)cn4)ncnc23)c1C. The minimum Gasteiger partial charge on any atom is -0.496 e. The van der Waals surface area contributed by atoms with Gasteiger partial charge in [-0.15, -0.1) is 11.3 Å². The number of fused-ring (bicyclic) bond motifs is 1. The normalized spacial score (nSPS) is 13.7. The van der Waals surface area contributed by atoms with E-state index in [4.69, 9.17) is 9.47 Å². The van der Waals surface area contributed by atoms with Crippen LogP contribution in [0.3, 0.4) is 0 Å². The molecule has 2 N–H and O–H groups in total. The smallest absolute Gasteiger partial charge is 0.258 e. The van der Waals surface area contributed by atoms with Gasteiger partial charge in [-0.2, -0.15) is 0 Å². The minimum atomic E-state index is -0.288. The number of carbonyl (C=O) groups is 2. The summed E-state index contributed by atoms with van der Waals surface area (Å²) in [5.41, 5.74) is 3.52. The highest BCUT2D eigenvalue weighted by atomic mass is 127. The third-order valence-corrected chi connectivity index (χ3v) is 9.06. The Bertz CT molecular complexity index is 1560. The number of benzene rings is 1. The molecule has 1 aliphatic heterocycles. The number of carbonyl (C=O) groups excluding carboxylic acids is 2. The zero-order valence-electron chi connectivity index (χ0n) is 23.2. The van der Waals surface area contributed by atoms with Gasteiger partial charge in [0.05, 0.1) is 39.3 Å². The zero-order valence-corrected chi connectivity index (χ0v) is 26.1. The molecule has 0 unspecified atom stereocenters. The van der Waals surface area contributed by atoms with Crippen molar-refractivity contribution in [3.8, 4) is 11.5 Å². The van der Waals surface area contributed by atoms with Gasteiger partial charge in [-0.3, -0.25) is 14.5 Å². The fraction of sp³-hybridized carbons (Fsp3) is 0.321. The second kappa shape index (κ2) is 12.5. The molecule has 1 fully saturated rings. The summed E-state index contributed by atoms with van der Waals surface area (Å²) in [6, 6.07) is 5.75. The van der Waals surface area contributed by atoms with Crippen molar-refractivity contribution in [1.29, 1.82) is 0 Å². The molecule has 5 rings (SSSR count). The summed E-state index contributed by atoms with van der Waals surface area (Å²) < 4.78 is 12.5. The van der Waals surface area contributed by atoms with E-state index in [2.05, 4.69) is 53.1 Å². The van der Waals surface area contributed by atoms with Gasteiger partial charge < -0.3 is 25.0 Å². The molecule has 0 atom stereocenters. The predicted octanol–water partition coefficient (Wildman–Crippen LogP) is 4.68. The van der Waals surface area contributed by atoms with E-state index < -0.39 is 0 Å². The van der Waals surface area contributed by atoms with E-state index in [0.29, 0.717) is 39.9 Å². The van der Waals surface area contributed by atoms with Gasteiger partial charge in [-0.1, -0.05) is 6.07 Å². The van der Waals surface area contributed by atoms with Crippen LogP contribution < -0.4 is 20.1 Å². The summed E-state index contributed by atoms with van der Waals surface area (Å²) in [7, 11) is 3.16. The number of piperazine rings is 1. The molecule has 1 saturated heterocycles. The van der Waals surface area contributed by atoms with Gasteiger partial charge in [0, 0.05) is 62.9 Å². The van der Waals surface area contributed by atoms with E-state index in [0.717, 1.165) is 52.1 Å². The number of nitrogens with one attached hydrogen (secondary N) is 2. The Hall–Kier alpha value is -3.56. The number of halogens is 1. The zero-order chi connectivity index (χ0) is 29.1. The Morgan fingerprint density at radius 3 is 2.49 bits per heavy atom. The van der Waals surface area contributed by atoms with Gasteiger partial charge >= 0.3 is 0 Å². The second-order valence-corrected chi connectivity index (χ2v) is 11.5. The van der Waals surface area contributed by atoms with Crippen LogP contribution in [0.25, 0.3) is 10.2 Å². The van der Waals surface area contributed by atoms with Gasteiger partial charge in [0.15, 0.2) is 5.82 Å². The third kappa shape index (κ3) is 6.21. The first-order chi connectivity index (χ1) is 19.8. The molecule has 1 aliphatic rings. The quantitative estimate of drug-likeness (QED) is 0.255. The van der Waals surface area contributed by atoms with Gasteiger partial charge in [-0.25, -0.2) is 15.0 Å². The molecular formula is C28H30IN7O4S. The molecule has 0 aliphatic carbocycles. The maximum Gasteiger partial charge on any atom is 0.258 e. The Kier molecular flexibility index (Phi) is 8.85. The lowest BCUT2D eigenvalue weighted by molar-refractivity contribution is -0.130. The monoisotopic (exact) mass is 687 g/mol. The van der Waals surface area contributed by atoms with Crippen LogP contribution in [0.4, 0.5) is 17.3 Å². The van der Waals surface area contributed by atoms with Crippen LogP contribution in [0.5, 0.6) is 11.5 Å². The van der Waals surface area contributed by atoms with Crippen LogP contribution in [0.15, 0.2) is 36.1 Å². The van der Waals surface area contributed by atoms with Crippen molar-refractivity contribution in [3.63, 3.8) is 0 Å². The number of nitrogens with zero attached hydrogens (tertiary/aromatic N) is 5. The number of anilines is 3. The highest BCUT2D eigenvalue weighted by Gasteiger charge is 2.22. The average Bonchev–Trinajstić information content (AvgIpc) is 3.42. The summed E-state index contributed by atoms with van der Waals surface area (Å²) in [6.45, 7) is 7.47. The Morgan fingerprint density at radius 2 is 1.83 bits per heavy atom. The van der Waals surface area contributed by atoms with Crippen LogP contribution in [0, 0.1) is 10.5 Å². The fourth-order valence-corrected chi connectivity index (χ4v) is 6.54. The number of hydrogen-bond donors (Lipinski definition) is 2. The van der Waals surface area contributed by atoms with Crippen LogP contribution in [0.2, 0.25) is 0 Å². The highest BCUT2D eigenvalue weighted by molar-refractivity contribution is 14.1. The molecule has 2 amide bonds. The fourth-order valence-electron chi connectivity index (χ4n) is 4.69. The number of pyridine rings is 1. The summed E-state index contributed by atoms with van der Waals surface area (Å²) in [4.78, 5) is 42.6. The number of ether oxygens (including phenoxy) is 2. The Balaban J connectivity index is 1.30. The van der Waals surface area contributed by atoms with Crippen LogP contribution >= 0.6 is 33.9 Å². The molecule has 3 aromatic heterocycles. The van der Waals surface area contributed by atoms with Gasteiger partial charge in [0.1, 0.15) is 23.6 Å². The van der Waals surface area contributed by atoms with Crippen molar-refractivity contribution in [2.75, 3.05) is 51.0 Å². The largest absolute Gasteiger partial charge is 0.496 e. The van der Waals surface area contributed by atoms with Gasteiger partial charge in [0.2, 0.25) is 5.91 Å². The first kappa shape index (κ1) is 29.0. The highest BCUT2D eigenvalue weighted by Crippen LogP contribution is 2.39. The van der Waals surface area contributed by atoms with Crippen molar-refractivity contribution < 1.29 is 19.1 Å². The predicted molar refractivity (Wildman–Crippen MR) is 167 cm³/mol. The maximum absolute atomic E-state index is 13.4. The van der Waals surface area contributed by atoms with Crippen LogP contribution in [-0.4, -0.2) is 77.0 Å². The molecule has 0 radical (unpaired) electrons. The van der Waals surface area contributed by atoms with Crippen LogP contribution in [0.1, 0.15) is 28.4 Å². The topological polar surface area (TPSA) is 122 Å². The average molecular weight is 688 g/mol. The molecule has 214 valence electrons. The number of methoxy groups -OCH3 is 2. The van der Waals surface area contributed by atoms with Crippen molar-refractivity contribution in [1.82, 2.24) is 24.8 Å². The van der Waals surface area contributed by atoms with E-state index in [1.54, 1.807) is 32.6 Å². The Labute approximate surface area is 255 Å². The molecule has 1 aromatic carbocycles. The van der Waals surface area contributed by atoms with Gasteiger partial charge in [-0.05, 0) is 41.1 Å². The molecule has 13 heteroatoms. The van der Waals surface area contributed by atoms with Crippen molar-refractivity contribution in [3.05, 3.63) is 56.4 Å². The number of hydrogen-bond acceptors (Lipinski definition) is 10. The summed E-state index contributed by atoms with van der Waals surface area (Å²) in [5.74, 6) is 2.29. The van der Waals surface area contributed by atoms with E-state index in [1.165, 1.54) is 17.7 Å². The molecule has 4 heterocycles. The van der Waals surface area contributed by atoms with Crippen molar-refractivity contribution in [2.45, 2.75) is 20.4 Å². The molecule has 4 aromatic rings. The van der Waals surface area contributed by atoms with Crippen molar-refractivity contribution in [2.24, 2.45) is 0 Å². The first-order valence-corrected chi connectivity index (χ1v) is 14.9. The molecule has 41 heavy (non-hydrogen) atoms. The molecular weight excluding hydrogens is 657 g/mol. The molecule has 0 spiro atoms. The first-order valence-electron chi connectivity index (χ1n) is 12.9.